The second-order valence-electron chi connectivity index (χ2n) is 5.57. The standard InChI is InChI=1S/C15H23N3O2/c1-11(2)17(3)13-6-4-5-12(9-13)16-15(20)18-8-7-14(19)10-18/h4-6,9,11,14,19H,7-8,10H2,1-3H3,(H,16,20)/t14-/m1/s1. The van der Waals surface area contributed by atoms with Crippen LogP contribution in [-0.4, -0.2) is 48.3 Å². The normalized spacial score (nSPS) is 18.4. The van der Waals surface area contributed by atoms with Crippen molar-refractivity contribution in [3.05, 3.63) is 24.3 Å². The zero-order valence-electron chi connectivity index (χ0n) is 12.3. The number of urea groups is 1. The largest absolute Gasteiger partial charge is 0.391 e. The second kappa shape index (κ2) is 6.13. The number of hydrogen-bond acceptors (Lipinski definition) is 3. The third-order valence-electron chi connectivity index (χ3n) is 3.73. The smallest absolute Gasteiger partial charge is 0.321 e. The van der Waals surface area contributed by atoms with Gasteiger partial charge in [-0.2, -0.15) is 0 Å². The minimum atomic E-state index is -0.390. The fourth-order valence-electron chi connectivity index (χ4n) is 2.23. The Kier molecular flexibility index (Phi) is 4.49. The zero-order valence-corrected chi connectivity index (χ0v) is 12.3. The number of β-amino-alcohol motifs (C(OH)–C–C–N with tert-alkyl or cyclic N) is 1. The van der Waals surface area contributed by atoms with Crippen molar-refractivity contribution in [1.29, 1.82) is 0 Å². The molecule has 0 aliphatic carbocycles. The average molecular weight is 277 g/mol. The number of aliphatic hydroxyl groups excluding tert-OH is 1. The molecule has 1 aromatic carbocycles. The number of hydrogen-bond donors (Lipinski definition) is 2. The summed E-state index contributed by atoms with van der Waals surface area (Å²) in [4.78, 5) is 15.9. The number of rotatable bonds is 3. The zero-order chi connectivity index (χ0) is 14.7. The third kappa shape index (κ3) is 3.42. The van der Waals surface area contributed by atoms with Gasteiger partial charge >= 0.3 is 6.03 Å². The van der Waals surface area contributed by atoms with Gasteiger partial charge in [-0.05, 0) is 38.5 Å². The summed E-state index contributed by atoms with van der Waals surface area (Å²) in [5.41, 5.74) is 1.85. The maximum Gasteiger partial charge on any atom is 0.321 e. The van der Waals surface area contributed by atoms with Crippen molar-refractivity contribution in [2.45, 2.75) is 32.4 Å². The fraction of sp³-hybridized carbons (Fsp3) is 0.533. The minimum absolute atomic E-state index is 0.147. The molecule has 0 aromatic heterocycles. The van der Waals surface area contributed by atoms with Gasteiger partial charge in [0.15, 0.2) is 0 Å². The Morgan fingerprint density at radius 1 is 1.50 bits per heavy atom. The van der Waals surface area contributed by atoms with Crippen LogP contribution >= 0.6 is 0 Å². The van der Waals surface area contributed by atoms with Gasteiger partial charge in [0.05, 0.1) is 6.10 Å². The molecular weight excluding hydrogens is 254 g/mol. The SMILES string of the molecule is CC(C)N(C)c1cccc(NC(=O)N2CC[C@@H](O)C2)c1. The van der Waals surface area contributed by atoms with Gasteiger partial charge in [-0.25, -0.2) is 4.79 Å². The number of anilines is 2. The van der Waals surface area contributed by atoms with E-state index in [2.05, 4.69) is 24.1 Å². The molecule has 1 aliphatic rings. The molecule has 5 heteroatoms. The van der Waals surface area contributed by atoms with E-state index in [0.29, 0.717) is 25.6 Å². The van der Waals surface area contributed by atoms with E-state index in [1.807, 2.05) is 31.3 Å². The van der Waals surface area contributed by atoms with E-state index >= 15 is 0 Å². The summed E-state index contributed by atoms with van der Waals surface area (Å²) in [5, 5.41) is 12.4. The van der Waals surface area contributed by atoms with E-state index in [1.54, 1.807) is 4.90 Å². The molecule has 2 N–H and O–H groups in total. The molecule has 1 fully saturated rings. The Hall–Kier alpha value is -1.75. The van der Waals surface area contributed by atoms with Gasteiger partial charge in [-0.15, -0.1) is 0 Å². The number of likely N-dealkylation sites (tertiary alicyclic amines) is 1. The van der Waals surface area contributed by atoms with Crippen LogP contribution < -0.4 is 10.2 Å². The van der Waals surface area contributed by atoms with Gasteiger partial charge in [-0.3, -0.25) is 0 Å². The highest BCUT2D eigenvalue weighted by molar-refractivity contribution is 5.90. The summed E-state index contributed by atoms with van der Waals surface area (Å²) in [6, 6.07) is 8.05. The predicted octanol–water partition coefficient (Wildman–Crippen LogP) is 2.13. The number of aliphatic hydroxyl groups is 1. The molecule has 2 amide bonds. The van der Waals surface area contributed by atoms with Crippen LogP contribution in [0, 0.1) is 0 Å². The first kappa shape index (κ1) is 14.7. The molecule has 1 saturated heterocycles. The number of nitrogens with zero attached hydrogens (tertiary/aromatic N) is 2. The number of carbonyl (C=O) groups is 1. The highest BCUT2D eigenvalue weighted by Gasteiger charge is 2.24. The van der Waals surface area contributed by atoms with Crippen LogP contribution in [0.25, 0.3) is 0 Å². The number of amides is 2. The quantitative estimate of drug-likeness (QED) is 0.890. The summed E-state index contributed by atoms with van der Waals surface area (Å²) < 4.78 is 0. The molecule has 1 heterocycles. The Balaban J connectivity index is 2.02. The van der Waals surface area contributed by atoms with Crippen LogP contribution in [0.3, 0.4) is 0 Å². The van der Waals surface area contributed by atoms with Crippen LogP contribution in [-0.2, 0) is 0 Å². The molecule has 5 nitrogen and oxygen atoms in total. The van der Waals surface area contributed by atoms with Gasteiger partial charge < -0.3 is 20.2 Å². The lowest BCUT2D eigenvalue weighted by Gasteiger charge is -2.24. The summed E-state index contributed by atoms with van der Waals surface area (Å²) >= 11 is 0. The first-order valence-electron chi connectivity index (χ1n) is 7.04. The van der Waals surface area contributed by atoms with Crippen LogP contribution in [0.5, 0.6) is 0 Å². The van der Waals surface area contributed by atoms with Crippen molar-refractivity contribution in [2.24, 2.45) is 0 Å². The maximum atomic E-state index is 12.1. The summed E-state index contributed by atoms with van der Waals surface area (Å²) in [5.74, 6) is 0. The number of carbonyl (C=O) groups excluding carboxylic acids is 1. The van der Waals surface area contributed by atoms with Crippen LogP contribution in [0.15, 0.2) is 24.3 Å². The molecule has 2 rings (SSSR count). The van der Waals surface area contributed by atoms with Gasteiger partial charge in [0.25, 0.3) is 0 Å². The Labute approximate surface area is 120 Å². The maximum absolute atomic E-state index is 12.1. The van der Waals surface area contributed by atoms with Crippen molar-refractivity contribution >= 4 is 17.4 Å². The van der Waals surface area contributed by atoms with Crippen LogP contribution in [0.4, 0.5) is 16.2 Å². The van der Waals surface area contributed by atoms with Crippen LogP contribution in [0.2, 0.25) is 0 Å². The summed E-state index contributed by atoms with van der Waals surface area (Å²) in [7, 11) is 2.03. The molecule has 0 saturated carbocycles. The van der Waals surface area contributed by atoms with Gasteiger partial charge in [0.1, 0.15) is 0 Å². The summed E-state index contributed by atoms with van der Waals surface area (Å²) in [6.45, 7) is 5.27. The van der Waals surface area contributed by atoms with E-state index < -0.39 is 0 Å². The Morgan fingerprint density at radius 2 is 2.25 bits per heavy atom. The molecule has 1 aromatic rings. The van der Waals surface area contributed by atoms with E-state index in [9.17, 15) is 9.90 Å². The van der Waals surface area contributed by atoms with Crippen molar-refractivity contribution < 1.29 is 9.90 Å². The molecule has 1 aliphatic heterocycles. The first-order chi connectivity index (χ1) is 9.47. The lowest BCUT2D eigenvalue weighted by molar-refractivity contribution is 0.176. The van der Waals surface area contributed by atoms with Crippen molar-refractivity contribution in [2.75, 3.05) is 30.4 Å². The van der Waals surface area contributed by atoms with Crippen molar-refractivity contribution in [3.8, 4) is 0 Å². The predicted molar refractivity (Wildman–Crippen MR) is 81.2 cm³/mol. The van der Waals surface area contributed by atoms with E-state index in [1.165, 1.54) is 0 Å². The average Bonchev–Trinajstić information content (AvgIpc) is 2.85. The second-order valence-corrected chi connectivity index (χ2v) is 5.57. The molecule has 1 atom stereocenters. The summed E-state index contributed by atoms with van der Waals surface area (Å²) in [6.07, 6.45) is 0.267. The highest BCUT2D eigenvalue weighted by Crippen LogP contribution is 2.21. The molecule has 0 radical (unpaired) electrons. The lowest BCUT2D eigenvalue weighted by Crippen LogP contribution is -2.33. The van der Waals surface area contributed by atoms with Gasteiger partial charge in [0, 0.05) is 37.6 Å². The molecule has 0 bridgehead atoms. The fourth-order valence-corrected chi connectivity index (χ4v) is 2.23. The van der Waals surface area contributed by atoms with Gasteiger partial charge in [0.2, 0.25) is 0 Å². The molecule has 0 unspecified atom stereocenters. The molecule has 110 valence electrons. The highest BCUT2D eigenvalue weighted by atomic mass is 16.3. The van der Waals surface area contributed by atoms with Crippen molar-refractivity contribution in [3.63, 3.8) is 0 Å². The lowest BCUT2D eigenvalue weighted by atomic mass is 10.2. The molecule has 20 heavy (non-hydrogen) atoms. The van der Waals surface area contributed by atoms with E-state index in [-0.39, 0.29) is 12.1 Å². The molecular formula is C15H23N3O2. The van der Waals surface area contributed by atoms with E-state index in [0.717, 1.165) is 11.4 Å². The monoisotopic (exact) mass is 277 g/mol. The van der Waals surface area contributed by atoms with Gasteiger partial charge in [-0.1, -0.05) is 6.07 Å². The minimum Gasteiger partial charge on any atom is -0.391 e. The van der Waals surface area contributed by atoms with E-state index in [4.69, 9.17) is 0 Å². The van der Waals surface area contributed by atoms with Crippen LogP contribution in [0.1, 0.15) is 20.3 Å². The topological polar surface area (TPSA) is 55.8 Å². The molecule has 0 spiro atoms. The number of benzene rings is 1. The van der Waals surface area contributed by atoms with Crippen molar-refractivity contribution in [1.82, 2.24) is 4.90 Å². The Bertz CT molecular complexity index is 476. The number of nitrogens with one attached hydrogen (secondary N) is 1. The first-order valence-corrected chi connectivity index (χ1v) is 7.04. The third-order valence-corrected chi connectivity index (χ3v) is 3.73. The Morgan fingerprint density at radius 3 is 2.85 bits per heavy atom.